The normalized spacial score (nSPS) is 15.5. The summed E-state index contributed by atoms with van der Waals surface area (Å²) in [6.07, 6.45) is 4.88. The van der Waals surface area contributed by atoms with Crippen LogP contribution in [0.25, 0.3) is 22.3 Å². The van der Waals surface area contributed by atoms with Crippen molar-refractivity contribution in [1.82, 2.24) is 34.3 Å². The number of carbonyl (C=O) groups excluding carboxylic acids is 1. The highest BCUT2D eigenvalue weighted by atomic mass is 19.1. The number of benzene rings is 1. The molecule has 0 saturated heterocycles. The molecule has 6 rings (SSSR count). The van der Waals surface area contributed by atoms with Crippen molar-refractivity contribution in [2.24, 2.45) is 0 Å². The summed E-state index contributed by atoms with van der Waals surface area (Å²) >= 11 is 0. The average Bonchev–Trinajstić information content (AvgIpc) is 3.19. The molecule has 1 aliphatic carbocycles. The summed E-state index contributed by atoms with van der Waals surface area (Å²) in [5.74, 6) is 0.346. The van der Waals surface area contributed by atoms with Crippen LogP contribution in [0.5, 0.6) is 0 Å². The second-order valence-corrected chi connectivity index (χ2v) is 10.6. The van der Waals surface area contributed by atoms with Gasteiger partial charge in [0.05, 0.1) is 18.3 Å². The number of likely N-dealkylation sites (N-methyl/N-ethyl adjacent to an activating group) is 1. The van der Waals surface area contributed by atoms with Gasteiger partial charge in [-0.3, -0.25) is 4.79 Å². The molecule has 1 saturated carbocycles. The highest BCUT2D eigenvalue weighted by Crippen LogP contribution is 2.37. The summed E-state index contributed by atoms with van der Waals surface area (Å²) < 4.78 is 32.1. The van der Waals surface area contributed by atoms with E-state index in [1.807, 2.05) is 36.9 Å². The minimum atomic E-state index is -0.647. The number of anilines is 2. The van der Waals surface area contributed by atoms with Crippen LogP contribution >= 0.6 is 0 Å². The fourth-order valence-corrected chi connectivity index (χ4v) is 5.32. The highest BCUT2D eigenvalue weighted by Gasteiger charge is 2.26. The third kappa shape index (κ3) is 4.82. The number of hydrogen-bond donors (Lipinski definition) is 1. The number of fused-ring (bicyclic) bond motifs is 2. The van der Waals surface area contributed by atoms with Crippen LogP contribution in [0.4, 0.5) is 20.5 Å². The summed E-state index contributed by atoms with van der Waals surface area (Å²) in [6, 6.07) is 7.03. The van der Waals surface area contributed by atoms with E-state index in [0.717, 1.165) is 42.5 Å². The zero-order chi connectivity index (χ0) is 27.3. The molecule has 0 bridgehead atoms. The Labute approximate surface area is 224 Å². The lowest BCUT2D eigenvalue weighted by Crippen LogP contribution is -2.41. The number of nitrogens with one attached hydrogen (secondary N) is 1. The van der Waals surface area contributed by atoms with Crippen molar-refractivity contribution < 1.29 is 13.6 Å². The molecule has 1 aromatic carbocycles. The van der Waals surface area contributed by atoms with Gasteiger partial charge in [0.25, 0.3) is 0 Å². The van der Waals surface area contributed by atoms with Crippen LogP contribution in [0.1, 0.15) is 42.4 Å². The third-order valence-corrected chi connectivity index (χ3v) is 7.47. The molecule has 2 aliphatic rings. The lowest BCUT2D eigenvalue weighted by molar-refractivity contribution is -0.132. The number of halogens is 2. The van der Waals surface area contributed by atoms with Crippen LogP contribution in [0.15, 0.2) is 30.5 Å². The van der Waals surface area contributed by atoms with E-state index in [9.17, 15) is 9.18 Å². The van der Waals surface area contributed by atoms with E-state index in [0.29, 0.717) is 43.0 Å². The minimum Gasteiger partial charge on any atom is -0.337 e. The van der Waals surface area contributed by atoms with E-state index in [4.69, 9.17) is 0 Å². The predicted molar refractivity (Wildman–Crippen MR) is 143 cm³/mol. The first kappa shape index (κ1) is 25.3. The number of hydrogen-bond acceptors (Lipinski definition) is 7. The number of pyridine rings is 1. The molecule has 4 heterocycles. The van der Waals surface area contributed by atoms with Gasteiger partial charge >= 0.3 is 0 Å². The van der Waals surface area contributed by atoms with Crippen LogP contribution in [-0.4, -0.2) is 67.4 Å². The predicted octanol–water partition coefficient (Wildman–Crippen LogP) is 4.39. The summed E-state index contributed by atoms with van der Waals surface area (Å²) in [4.78, 5) is 33.7. The van der Waals surface area contributed by atoms with Crippen molar-refractivity contribution >= 4 is 28.7 Å². The molecule has 1 amide bonds. The molecule has 1 fully saturated rings. The molecule has 4 aromatic rings. The van der Waals surface area contributed by atoms with E-state index in [1.54, 1.807) is 12.1 Å². The van der Waals surface area contributed by atoms with E-state index < -0.39 is 11.6 Å². The van der Waals surface area contributed by atoms with E-state index in [2.05, 4.69) is 29.8 Å². The maximum Gasteiger partial charge on any atom is 0.237 e. The Morgan fingerprint density at radius 1 is 1.13 bits per heavy atom. The van der Waals surface area contributed by atoms with Crippen LogP contribution in [0.2, 0.25) is 0 Å². The van der Waals surface area contributed by atoms with Gasteiger partial charge in [-0.2, -0.15) is 0 Å². The summed E-state index contributed by atoms with van der Waals surface area (Å²) in [6.45, 7) is 3.34. The number of rotatable bonds is 6. The molecule has 202 valence electrons. The van der Waals surface area contributed by atoms with Gasteiger partial charge in [0.1, 0.15) is 22.9 Å². The maximum absolute atomic E-state index is 15.1. The molecule has 9 nitrogen and oxygen atoms in total. The van der Waals surface area contributed by atoms with Gasteiger partial charge in [-0.05, 0) is 64.0 Å². The Morgan fingerprint density at radius 2 is 1.95 bits per heavy atom. The molecular weight excluding hydrogens is 502 g/mol. The molecular formula is C28H30F2N8O. The van der Waals surface area contributed by atoms with Crippen molar-refractivity contribution in [3.05, 3.63) is 59.2 Å². The van der Waals surface area contributed by atoms with Gasteiger partial charge in [-0.15, -0.1) is 0 Å². The first-order chi connectivity index (χ1) is 18.8. The molecule has 0 spiro atoms. The van der Waals surface area contributed by atoms with Gasteiger partial charge < -0.3 is 19.7 Å². The van der Waals surface area contributed by atoms with Crippen molar-refractivity contribution in [1.29, 1.82) is 0 Å². The first-order valence-corrected chi connectivity index (χ1v) is 13.2. The molecule has 39 heavy (non-hydrogen) atoms. The van der Waals surface area contributed by atoms with Gasteiger partial charge in [-0.1, -0.05) is 6.07 Å². The Hall–Kier alpha value is -3.99. The fraction of sp³-hybridized carbons (Fsp3) is 0.393. The molecule has 11 heteroatoms. The summed E-state index contributed by atoms with van der Waals surface area (Å²) in [7, 11) is 3.75. The smallest absolute Gasteiger partial charge is 0.237 e. The zero-order valence-electron chi connectivity index (χ0n) is 22.2. The number of aryl methyl sites for hydroxylation is 1. The Morgan fingerprint density at radius 3 is 2.69 bits per heavy atom. The SMILES string of the molecule is Cc1nc2c(F)cc(-c3nc(Nc4ccc5c(n4)CCN(C(=O)CN(C)C)C5)ncc3F)cc2n1C1CCC1. The quantitative estimate of drug-likeness (QED) is 0.394. The maximum atomic E-state index is 15.1. The highest BCUT2D eigenvalue weighted by molar-refractivity contribution is 5.83. The van der Waals surface area contributed by atoms with Crippen LogP contribution in [0.3, 0.4) is 0 Å². The van der Waals surface area contributed by atoms with Crippen LogP contribution in [-0.2, 0) is 17.8 Å². The minimum absolute atomic E-state index is 0.000295. The number of aromatic nitrogens is 5. The molecule has 0 radical (unpaired) electrons. The molecule has 0 unspecified atom stereocenters. The zero-order valence-corrected chi connectivity index (χ0v) is 22.2. The lowest BCUT2D eigenvalue weighted by Gasteiger charge is -2.29. The average molecular weight is 533 g/mol. The number of imidazole rings is 1. The number of nitrogens with zero attached hydrogens (tertiary/aromatic N) is 7. The van der Waals surface area contributed by atoms with Gasteiger partial charge in [0.2, 0.25) is 11.9 Å². The fourth-order valence-electron chi connectivity index (χ4n) is 5.32. The van der Waals surface area contributed by atoms with Crippen molar-refractivity contribution in [2.75, 3.05) is 32.5 Å². The molecule has 3 aromatic heterocycles. The number of amides is 1. The lowest BCUT2D eigenvalue weighted by atomic mass is 9.92. The summed E-state index contributed by atoms with van der Waals surface area (Å²) in [5.41, 5.74) is 3.14. The van der Waals surface area contributed by atoms with Crippen LogP contribution < -0.4 is 5.32 Å². The largest absolute Gasteiger partial charge is 0.337 e. The Kier molecular flexibility index (Phi) is 6.46. The van der Waals surface area contributed by atoms with Gasteiger partial charge in [-0.25, -0.2) is 28.7 Å². The van der Waals surface area contributed by atoms with Crippen LogP contribution in [0, 0.1) is 18.6 Å². The van der Waals surface area contributed by atoms with Crippen molar-refractivity contribution in [2.45, 2.75) is 45.2 Å². The van der Waals surface area contributed by atoms with E-state index >= 15 is 4.39 Å². The van der Waals surface area contributed by atoms with E-state index in [-0.39, 0.29) is 29.1 Å². The summed E-state index contributed by atoms with van der Waals surface area (Å²) in [5, 5.41) is 3.06. The molecule has 0 atom stereocenters. The Bertz CT molecular complexity index is 1580. The second kappa shape index (κ2) is 9.96. The van der Waals surface area contributed by atoms with Crippen molar-refractivity contribution in [3.63, 3.8) is 0 Å². The second-order valence-electron chi connectivity index (χ2n) is 10.6. The number of carbonyl (C=O) groups is 1. The molecule has 1 N–H and O–H groups in total. The van der Waals surface area contributed by atoms with Gasteiger partial charge in [0, 0.05) is 36.8 Å². The van der Waals surface area contributed by atoms with E-state index in [1.165, 1.54) is 6.07 Å². The topological polar surface area (TPSA) is 92.1 Å². The van der Waals surface area contributed by atoms with Gasteiger partial charge in [0.15, 0.2) is 11.6 Å². The Balaban J connectivity index is 1.26. The molecule has 1 aliphatic heterocycles. The first-order valence-electron chi connectivity index (χ1n) is 13.2. The third-order valence-electron chi connectivity index (χ3n) is 7.47. The monoisotopic (exact) mass is 532 g/mol. The standard InChI is InChI=1S/C28H30F2N8O/c1-16-32-27-20(29)11-18(12-23(27)38(16)19-5-4-6-19)26-21(30)13-31-28(35-26)34-24-8-7-17-14-37(10-9-22(17)33-24)25(39)15-36(2)3/h7-8,11-13,19H,4-6,9-10,14-15H2,1-3H3,(H,31,33,34,35). The van der Waals surface area contributed by atoms with Crippen molar-refractivity contribution in [3.8, 4) is 11.3 Å².